The molecule has 3 heterocycles. The number of nitrogens with one attached hydrogen (secondary N) is 1. The number of para-hydroxylation sites is 1. The highest BCUT2D eigenvalue weighted by Gasteiger charge is 2.21. The molecule has 0 saturated carbocycles. The number of rotatable bonds is 5. The zero-order valence-corrected chi connectivity index (χ0v) is 21.1. The second-order valence-electron chi connectivity index (χ2n) is 8.56. The van der Waals surface area contributed by atoms with Crippen molar-refractivity contribution in [3.63, 3.8) is 0 Å². The second kappa shape index (κ2) is 8.87. The molecule has 2 N–H and O–H groups in total. The first-order valence-electron chi connectivity index (χ1n) is 11.5. The number of pyridine rings is 1. The highest BCUT2D eigenvalue weighted by atomic mass is 35.5. The first-order chi connectivity index (χ1) is 18.0. The van der Waals surface area contributed by atoms with Crippen LogP contribution in [-0.2, 0) is 0 Å². The van der Waals surface area contributed by atoms with Crippen molar-refractivity contribution in [2.75, 3.05) is 21.3 Å². The summed E-state index contributed by atoms with van der Waals surface area (Å²) in [5, 5.41) is 13.5. The first-order valence-corrected chi connectivity index (χ1v) is 11.9. The summed E-state index contributed by atoms with van der Waals surface area (Å²) < 4.78 is 16.7. The van der Waals surface area contributed by atoms with Crippen LogP contribution in [0.4, 0.5) is 5.69 Å². The molecule has 1 aliphatic heterocycles. The summed E-state index contributed by atoms with van der Waals surface area (Å²) in [7, 11) is 4.73. The van der Waals surface area contributed by atoms with Crippen molar-refractivity contribution >= 4 is 34.3 Å². The van der Waals surface area contributed by atoms with E-state index in [0.717, 1.165) is 38.6 Å². The highest BCUT2D eigenvalue weighted by molar-refractivity contribution is 6.31. The molecule has 0 radical (unpaired) electrons. The fourth-order valence-corrected chi connectivity index (χ4v) is 4.93. The Labute approximate surface area is 217 Å². The fraction of sp³-hybridized carbons (Fsp3) is 0.103. The van der Waals surface area contributed by atoms with Crippen molar-refractivity contribution < 1.29 is 19.3 Å². The summed E-state index contributed by atoms with van der Waals surface area (Å²) in [6.07, 6.45) is 1.85. The fourth-order valence-electron chi connectivity index (χ4n) is 4.76. The Bertz CT molecular complexity index is 1800. The van der Waals surface area contributed by atoms with Crippen LogP contribution in [0.25, 0.3) is 39.4 Å². The van der Waals surface area contributed by atoms with Crippen LogP contribution in [0.15, 0.2) is 65.7 Å². The van der Waals surface area contributed by atoms with Crippen molar-refractivity contribution in [2.45, 2.75) is 0 Å². The summed E-state index contributed by atoms with van der Waals surface area (Å²) >= 11 is 6.15. The van der Waals surface area contributed by atoms with Crippen molar-refractivity contribution in [3.8, 4) is 45.5 Å². The number of fused-ring (bicyclic) bond motifs is 4. The lowest BCUT2D eigenvalue weighted by molar-refractivity contribution is 0.324. The Hall–Kier alpha value is -4.49. The molecule has 0 fully saturated rings. The Morgan fingerprint density at radius 3 is 2.38 bits per heavy atom. The average molecular weight is 512 g/mol. The van der Waals surface area contributed by atoms with Gasteiger partial charge in [-0.3, -0.25) is 0 Å². The Kier molecular flexibility index (Phi) is 5.50. The van der Waals surface area contributed by atoms with Gasteiger partial charge in [-0.25, -0.2) is 9.98 Å². The predicted molar refractivity (Wildman–Crippen MR) is 144 cm³/mol. The molecule has 3 aromatic carbocycles. The van der Waals surface area contributed by atoms with Gasteiger partial charge < -0.3 is 24.3 Å². The molecular formula is C29H22ClN3O4. The number of hydrogen-bond donors (Lipinski definition) is 2. The Morgan fingerprint density at radius 1 is 0.892 bits per heavy atom. The minimum atomic E-state index is 0.0407. The van der Waals surface area contributed by atoms with Gasteiger partial charge in [0.05, 0.1) is 48.9 Å². The minimum Gasteiger partial charge on any atom is -0.494 e. The van der Waals surface area contributed by atoms with Crippen molar-refractivity contribution in [3.05, 3.63) is 82.0 Å². The van der Waals surface area contributed by atoms with E-state index in [0.29, 0.717) is 38.9 Å². The first kappa shape index (κ1) is 22.9. The van der Waals surface area contributed by atoms with E-state index < -0.39 is 0 Å². The lowest BCUT2D eigenvalue weighted by atomic mass is 10.0. The number of methoxy groups -OCH3 is 3. The molecule has 1 aliphatic rings. The third-order valence-corrected chi connectivity index (χ3v) is 6.68. The van der Waals surface area contributed by atoms with Crippen LogP contribution in [0.3, 0.4) is 0 Å². The van der Waals surface area contributed by atoms with Gasteiger partial charge in [0.2, 0.25) is 5.75 Å². The van der Waals surface area contributed by atoms with E-state index in [4.69, 9.17) is 35.8 Å². The number of aromatic amines is 1. The third kappa shape index (κ3) is 3.75. The summed E-state index contributed by atoms with van der Waals surface area (Å²) in [4.78, 5) is 12.9. The van der Waals surface area contributed by atoms with Crippen molar-refractivity contribution in [1.29, 1.82) is 0 Å². The van der Waals surface area contributed by atoms with Gasteiger partial charge >= 0.3 is 0 Å². The molecular weight excluding hydrogens is 490 g/mol. The van der Waals surface area contributed by atoms with Gasteiger partial charge in [-0.2, -0.15) is 0 Å². The molecule has 37 heavy (non-hydrogen) atoms. The molecule has 8 heteroatoms. The number of aromatic nitrogens is 2. The molecule has 184 valence electrons. The van der Waals surface area contributed by atoms with Crippen LogP contribution >= 0.6 is 11.6 Å². The normalized spacial score (nSPS) is 12.3. The van der Waals surface area contributed by atoms with Crippen molar-refractivity contribution in [1.82, 2.24) is 9.97 Å². The standard InChI is InChI=1S/C29H22ClN3O4/c1-35-24-10-15(11-25(36-2)28(24)37-3)26-27-20(18-6-4-5-7-22(18)32-27)13-17(31-26)14-21-19-9-8-16(30)12-23(19)33-29(21)34/h4-14,33-34H,1-3H3/b17-14-. The van der Waals surface area contributed by atoms with Crippen LogP contribution in [0.1, 0.15) is 5.56 Å². The largest absolute Gasteiger partial charge is 0.494 e. The van der Waals surface area contributed by atoms with Gasteiger partial charge in [-0.05, 0) is 42.5 Å². The van der Waals surface area contributed by atoms with E-state index in [1.807, 2.05) is 54.6 Å². The Morgan fingerprint density at radius 2 is 1.65 bits per heavy atom. The van der Waals surface area contributed by atoms with Gasteiger partial charge in [-0.15, -0.1) is 0 Å². The Balaban J connectivity index is 1.66. The molecule has 0 bridgehead atoms. The van der Waals surface area contributed by atoms with Crippen LogP contribution in [0, 0.1) is 0 Å². The number of nitrogens with zero attached hydrogens (tertiary/aromatic N) is 2. The summed E-state index contributed by atoms with van der Waals surface area (Å²) in [6.45, 7) is 0. The van der Waals surface area contributed by atoms with Gasteiger partial charge in [0.1, 0.15) is 0 Å². The summed E-state index contributed by atoms with van der Waals surface area (Å²) in [5.74, 6) is 1.57. The number of H-pyrrole nitrogens is 1. The monoisotopic (exact) mass is 511 g/mol. The number of ether oxygens (including phenoxy) is 3. The van der Waals surface area contributed by atoms with E-state index in [1.54, 1.807) is 33.5 Å². The van der Waals surface area contributed by atoms with Crippen LogP contribution in [-0.4, -0.2) is 36.4 Å². The molecule has 0 unspecified atom stereocenters. The molecule has 5 aromatic rings. The highest BCUT2D eigenvalue weighted by Crippen LogP contribution is 2.41. The van der Waals surface area contributed by atoms with E-state index in [9.17, 15) is 5.11 Å². The smallest absolute Gasteiger partial charge is 0.203 e. The SMILES string of the molecule is COc1cc(-c2n/c(=C\c3c(O)[nH]c4cc(Cl)ccc34)cc3c2=Nc2ccccc2-3)cc(OC)c1OC. The second-order valence-corrected chi connectivity index (χ2v) is 8.99. The average Bonchev–Trinajstić information content (AvgIpc) is 3.43. The van der Waals surface area contributed by atoms with Crippen molar-refractivity contribution in [2.24, 2.45) is 4.99 Å². The van der Waals surface area contributed by atoms with Crippen LogP contribution < -0.4 is 24.9 Å². The molecule has 2 aromatic heterocycles. The van der Waals surface area contributed by atoms with Gasteiger partial charge in [0.25, 0.3) is 0 Å². The molecule has 0 amide bonds. The molecule has 0 aliphatic carbocycles. The zero-order valence-electron chi connectivity index (χ0n) is 20.3. The summed E-state index contributed by atoms with van der Waals surface area (Å²) in [5.41, 5.74) is 5.60. The summed E-state index contributed by atoms with van der Waals surface area (Å²) in [6, 6.07) is 19.1. The number of benzene rings is 3. The van der Waals surface area contributed by atoms with E-state index in [2.05, 4.69) is 4.98 Å². The lowest BCUT2D eigenvalue weighted by Crippen LogP contribution is -2.19. The number of halogens is 1. The maximum atomic E-state index is 10.7. The molecule has 0 atom stereocenters. The quantitative estimate of drug-likeness (QED) is 0.324. The van der Waals surface area contributed by atoms with E-state index in [1.165, 1.54) is 0 Å². The lowest BCUT2D eigenvalue weighted by Gasteiger charge is -2.14. The van der Waals surface area contributed by atoms with Gasteiger partial charge in [0.15, 0.2) is 17.4 Å². The van der Waals surface area contributed by atoms with Gasteiger partial charge in [0, 0.05) is 32.7 Å². The zero-order chi connectivity index (χ0) is 25.7. The van der Waals surface area contributed by atoms with Gasteiger partial charge in [-0.1, -0.05) is 35.9 Å². The predicted octanol–water partition coefficient (Wildman–Crippen LogP) is 5.38. The number of hydrogen-bond acceptors (Lipinski definition) is 6. The van der Waals surface area contributed by atoms with E-state index >= 15 is 0 Å². The minimum absolute atomic E-state index is 0.0407. The molecule has 0 saturated heterocycles. The topological polar surface area (TPSA) is 89.0 Å². The third-order valence-electron chi connectivity index (χ3n) is 6.45. The maximum Gasteiger partial charge on any atom is 0.203 e. The molecule has 0 spiro atoms. The molecule has 6 rings (SSSR count). The maximum absolute atomic E-state index is 10.7. The number of aromatic hydroxyl groups is 1. The van der Waals surface area contributed by atoms with Crippen LogP contribution in [0.2, 0.25) is 5.02 Å². The van der Waals surface area contributed by atoms with Crippen LogP contribution in [0.5, 0.6) is 23.1 Å². The molecule has 7 nitrogen and oxygen atoms in total. The van der Waals surface area contributed by atoms with E-state index in [-0.39, 0.29) is 5.88 Å².